The summed E-state index contributed by atoms with van der Waals surface area (Å²) in [5.74, 6) is 2.48. The van der Waals surface area contributed by atoms with Crippen molar-refractivity contribution in [2.45, 2.75) is 320 Å². The van der Waals surface area contributed by atoms with Gasteiger partial charge >= 0.3 is 18.3 Å². The molecule has 4 aliphatic carbocycles. The van der Waals surface area contributed by atoms with Gasteiger partial charge in [-0.3, -0.25) is 14.4 Å². The van der Waals surface area contributed by atoms with E-state index in [4.69, 9.17) is 57.3 Å². The number of alkyl carbamates (subject to hydrolysis) is 3. The Kier molecular flexibility index (Phi) is 46.2. The van der Waals surface area contributed by atoms with Gasteiger partial charge in [0, 0.05) is 51.9 Å². The number of nitrogens with zero attached hydrogens (tertiary/aromatic N) is 6. The summed E-state index contributed by atoms with van der Waals surface area (Å²) < 4.78 is 51.1. The standard InChI is InChI=1S/C24H37N3O3.C23H35N3O3.C19H29N3O.C15H27NO3.C8H8N2.C7H8O3S/c1-24(2,3)30-23(29)26-21(14-18-8-6-5-7-9-18)22(28)17-27(4)16-20-12-10-19(15-25)11-13-20;1-23(2,3)29-22(28)26-20(13-17-7-5-4-6-8-17)21(27)16-25-15-19-11-9-18(14-24)10-12-19;1-22(13-17-9-7-16(12-20)8-10-17)14-19(23)18(21)11-15-5-3-2-4-6-15;1-15(2,3)19-14(17)16-12(13-10-18-13)9-11-7-5-4-6-8-11;1-10-8-4-2-7(6-9)3-5-8;1-6-2-4-7(5-3-6)11(8,9)10/h10-13,18,21-22,28H,5-9,14,16-17H2,1-4H3,(H,26,29);9-12,17,20-21,25,27H,4-8,13,15-16H2,1-3H3,(H,26,28);7-10,15,18-19,23H,2-6,11,13-14,21H2,1H3;11-13H,4-10H2,1-3H3,(H,16,17);2-5H,6,9H2;2-5H,1H3,(H,8,9,10)/t21-,22+;20-,21+;18-,19+;12-,13+;;/m0000../s1. The number of hydrogen-bond donors (Lipinski definition) is 10. The first-order chi connectivity index (χ1) is 57.8. The smallest absolute Gasteiger partial charge is 0.407 e. The zero-order chi connectivity index (χ0) is 89.8. The maximum absolute atomic E-state index is 12.4. The molecule has 5 aromatic carbocycles. The first-order valence-corrected chi connectivity index (χ1v) is 45.4. The van der Waals surface area contributed by atoms with Crippen molar-refractivity contribution < 1.29 is 61.6 Å². The average molecular weight is 1710 g/mol. The number of benzene rings is 5. The highest BCUT2D eigenvalue weighted by molar-refractivity contribution is 7.85. The van der Waals surface area contributed by atoms with Crippen molar-refractivity contribution in [2.24, 2.45) is 35.1 Å². The maximum atomic E-state index is 12.4. The number of likely N-dealkylation sites (N-methyl/N-ethyl adjacent to an activating group) is 2. The van der Waals surface area contributed by atoms with Crippen LogP contribution in [0.1, 0.15) is 261 Å². The highest BCUT2D eigenvalue weighted by atomic mass is 32.2. The number of hydrogen-bond acceptors (Lipinski definition) is 20. The molecule has 1 saturated heterocycles. The molecule has 1 heterocycles. The third-order valence-electron chi connectivity index (χ3n) is 22.1. The Morgan fingerprint density at radius 1 is 0.516 bits per heavy atom. The van der Waals surface area contributed by atoms with Gasteiger partial charge in [0.05, 0.1) is 89.4 Å². The second-order valence-corrected chi connectivity index (χ2v) is 38.1. The number of epoxide rings is 1. The number of carbonyl (C=O) groups excluding carboxylic acids is 3. The highest BCUT2D eigenvalue weighted by Gasteiger charge is 2.37. The second kappa shape index (κ2) is 54.2. The molecule has 10 rings (SSSR count). The fraction of sp³-hybridized carbons (Fsp3) is 0.615. The van der Waals surface area contributed by atoms with Crippen molar-refractivity contribution >= 4 is 34.1 Å². The molecule has 0 unspecified atom stereocenters. The van der Waals surface area contributed by atoms with Gasteiger partial charge in [-0.05, 0) is 203 Å². The molecule has 5 fully saturated rings. The monoisotopic (exact) mass is 1710 g/mol. The quantitative estimate of drug-likeness (QED) is 0.00920. The number of rotatable bonds is 29. The predicted octanol–water partition coefficient (Wildman–Crippen LogP) is 16.9. The van der Waals surface area contributed by atoms with E-state index >= 15 is 0 Å². The summed E-state index contributed by atoms with van der Waals surface area (Å²) in [4.78, 5) is 43.8. The SMILES string of the molecule is CC(C)(C)OC(=O)N[C@@H](CC1CCCCC1)[C@H](O)CNCc1ccc(C#N)cc1.CC(C)(C)OC(=O)N[C@@H](CC1CCCCC1)[C@H]1CO1.CN(Cc1ccc(C#N)cc1)C[C@@H](O)[C@@H](N)CC1CCCCC1.CN(Cc1ccc(C#N)cc1)C[C@@H](O)[C@H](CC1CCCCC1)NC(=O)OC(C)(C)C.Cc1ccc(S(=O)(=O)O)cc1.[C-]#[N+]c1ccc(CN)cc1. The molecule has 122 heavy (non-hydrogen) atoms. The van der Waals surface area contributed by atoms with E-state index in [0.717, 1.165) is 98.3 Å². The van der Waals surface area contributed by atoms with E-state index in [1.807, 2.05) is 149 Å². The van der Waals surface area contributed by atoms with Crippen molar-refractivity contribution in [1.29, 1.82) is 15.8 Å². The highest BCUT2D eigenvalue weighted by Crippen LogP contribution is 2.33. The number of aliphatic hydroxyl groups excluding tert-OH is 3. The Bertz CT molecular complexity index is 4100. The van der Waals surface area contributed by atoms with E-state index in [1.54, 1.807) is 48.5 Å². The number of nitrogens with one attached hydrogen (secondary N) is 4. The molecule has 25 nitrogen and oxygen atoms in total. The van der Waals surface area contributed by atoms with E-state index < -0.39 is 57.4 Å². The van der Waals surface area contributed by atoms with Gasteiger partial charge < -0.3 is 67.0 Å². The Balaban J connectivity index is 0.000000270. The minimum atomic E-state index is -4.02. The second-order valence-electron chi connectivity index (χ2n) is 36.7. The lowest BCUT2D eigenvalue weighted by Gasteiger charge is -2.32. The minimum absolute atomic E-state index is 0.0666. The van der Waals surface area contributed by atoms with Crippen molar-refractivity contribution in [2.75, 3.05) is 40.3 Å². The van der Waals surface area contributed by atoms with Gasteiger partial charge in [-0.25, -0.2) is 19.2 Å². The molecule has 5 aromatic rings. The van der Waals surface area contributed by atoms with Gasteiger partial charge in [0.2, 0.25) is 0 Å². The topological polar surface area (TPSA) is 389 Å². The third kappa shape index (κ3) is 45.2. The van der Waals surface area contributed by atoms with Crippen LogP contribution in [0.5, 0.6) is 0 Å². The Morgan fingerprint density at radius 2 is 0.861 bits per heavy atom. The summed E-state index contributed by atoms with van der Waals surface area (Å²) >= 11 is 0. The molecule has 0 spiro atoms. The van der Waals surface area contributed by atoms with Gasteiger partial charge in [0.25, 0.3) is 10.1 Å². The molecule has 0 aromatic heterocycles. The van der Waals surface area contributed by atoms with E-state index in [2.05, 4.69) is 49.2 Å². The van der Waals surface area contributed by atoms with Crippen LogP contribution in [-0.2, 0) is 55.2 Å². The van der Waals surface area contributed by atoms with Crippen LogP contribution in [0.25, 0.3) is 4.85 Å². The first kappa shape index (κ1) is 104. The number of ether oxygens (including phenoxy) is 4. The van der Waals surface area contributed by atoms with Crippen LogP contribution < -0.4 is 32.7 Å². The summed E-state index contributed by atoms with van der Waals surface area (Å²) in [5.41, 5.74) is 17.9. The normalized spacial score (nSPS) is 17.6. The number of amides is 3. The van der Waals surface area contributed by atoms with Crippen LogP contribution in [0.4, 0.5) is 20.1 Å². The maximum Gasteiger partial charge on any atom is 0.407 e. The van der Waals surface area contributed by atoms with E-state index in [0.29, 0.717) is 79.4 Å². The van der Waals surface area contributed by atoms with Crippen LogP contribution in [-0.4, -0.2) is 162 Å². The molecule has 8 atom stereocenters. The minimum Gasteiger partial charge on any atom is -0.444 e. The molecule has 4 saturated carbocycles. The van der Waals surface area contributed by atoms with Gasteiger partial charge in [-0.15, -0.1) is 0 Å². The summed E-state index contributed by atoms with van der Waals surface area (Å²) in [7, 11) is -0.0738. The van der Waals surface area contributed by atoms with Crippen molar-refractivity contribution in [1.82, 2.24) is 31.1 Å². The first-order valence-electron chi connectivity index (χ1n) is 44.0. The molecule has 0 radical (unpaired) electrons. The fourth-order valence-electron chi connectivity index (χ4n) is 15.5. The van der Waals surface area contributed by atoms with E-state index in [9.17, 15) is 38.1 Å². The number of nitriles is 3. The Hall–Kier alpha value is -8.58. The summed E-state index contributed by atoms with van der Waals surface area (Å²) in [6.07, 6.45) is 25.7. The van der Waals surface area contributed by atoms with Crippen LogP contribution >= 0.6 is 0 Å². The largest absolute Gasteiger partial charge is 0.444 e. The van der Waals surface area contributed by atoms with Gasteiger partial charge in [-0.1, -0.05) is 207 Å². The fourth-order valence-corrected chi connectivity index (χ4v) is 16.0. The zero-order valence-corrected chi connectivity index (χ0v) is 75.6. The van der Waals surface area contributed by atoms with Crippen LogP contribution in [0.15, 0.2) is 126 Å². The lowest BCUT2D eigenvalue weighted by atomic mass is 9.83. The Labute approximate surface area is 729 Å². The van der Waals surface area contributed by atoms with Gasteiger partial charge in [0.1, 0.15) is 22.9 Å². The van der Waals surface area contributed by atoms with Crippen molar-refractivity contribution in [3.8, 4) is 18.2 Å². The number of aryl methyl sites for hydroxylation is 1. The third-order valence-corrected chi connectivity index (χ3v) is 22.9. The van der Waals surface area contributed by atoms with Crippen LogP contribution in [0.2, 0.25) is 0 Å². The molecule has 1 aliphatic heterocycles. The molecule has 5 aliphatic rings. The lowest BCUT2D eigenvalue weighted by molar-refractivity contribution is 0.0333. The summed E-state index contributed by atoms with van der Waals surface area (Å²) in [5, 5.41) is 70.8. The molecule has 0 bridgehead atoms. The van der Waals surface area contributed by atoms with E-state index in [-0.39, 0.29) is 41.3 Å². The molecular weight excluding hydrogens is 1560 g/mol. The predicted molar refractivity (Wildman–Crippen MR) is 479 cm³/mol. The molecule has 12 N–H and O–H groups in total. The zero-order valence-electron chi connectivity index (χ0n) is 74.8. The molecule has 26 heteroatoms. The summed E-state index contributed by atoms with van der Waals surface area (Å²) in [6, 6.07) is 41.3. The van der Waals surface area contributed by atoms with Crippen LogP contribution in [0.3, 0.4) is 0 Å². The van der Waals surface area contributed by atoms with Gasteiger partial charge in [-0.2, -0.15) is 24.2 Å². The lowest BCUT2D eigenvalue weighted by Crippen LogP contribution is -2.49. The van der Waals surface area contributed by atoms with E-state index in [1.165, 1.54) is 115 Å². The molecular formula is C96H144N12O13S. The summed E-state index contributed by atoms with van der Waals surface area (Å²) in [6.45, 7) is 29.9. The van der Waals surface area contributed by atoms with Gasteiger partial charge in [0.15, 0.2) is 5.69 Å². The molecule has 672 valence electrons. The number of aliphatic hydroxyl groups is 3. The molecule has 3 amide bonds. The number of carbonyl (C=O) groups is 3. The average Bonchev–Trinajstić information content (AvgIpc) is 1.68. The van der Waals surface area contributed by atoms with Crippen LogP contribution in [0, 0.1) is 71.2 Å². The van der Waals surface area contributed by atoms with Crippen molar-refractivity contribution in [3.05, 3.63) is 177 Å². The number of nitrogens with two attached hydrogens (primary N) is 2. The van der Waals surface area contributed by atoms with Crippen molar-refractivity contribution in [3.63, 3.8) is 0 Å². The Morgan fingerprint density at radius 3 is 1.21 bits per heavy atom.